The summed E-state index contributed by atoms with van der Waals surface area (Å²) in [5.41, 5.74) is 2.08. The van der Waals surface area contributed by atoms with Gasteiger partial charge in [-0.25, -0.2) is 0 Å². The van der Waals surface area contributed by atoms with Crippen molar-refractivity contribution in [1.82, 2.24) is 10.2 Å². The summed E-state index contributed by atoms with van der Waals surface area (Å²) in [5, 5.41) is 2.77. The van der Waals surface area contributed by atoms with Crippen molar-refractivity contribution in [3.63, 3.8) is 0 Å². The van der Waals surface area contributed by atoms with Gasteiger partial charge in [0.1, 0.15) is 5.54 Å². The highest BCUT2D eigenvalue weighted by Gasteiger charge is 2.55. The first kappa shape index (κ1) is 12.9. The molecule has 0 bridgehead atoms. The van der Waals surface area contributed by atoms with E-state index in [-0.39, 0.29) is 18.4 Å². The van der Waals surface area contributed by atoms with Gasteiger partial charge in [-0.3, -0.25) is 9.59 Å². The Kier molecular flexibility index (Phi) is 2.65. The summed E-state index contributed by atoms with van der Waals surface area (Å²) in [6.45, 7) is 2.77. The molecule has 2 atom stereocenters. The quantitative estimate of drug-likeness (QED) is 0.913. The Labute approximate surface area is 124 Å². The number of rotatable bonds is 3. The van der Waals surface area contributed by atoms with E-state index in [0.29, 0.717) is 18.4 Å². The van der Waals surface area contributed by atoms with Crippen LogP contribution in [0.5, 0.6) is 0 Å². The van der Waals surface area contributed by atoms with Gasteiger partial charge in [-0.2, -0.15) is 0 Å². The number of fused-ring (bicyclic) bond motifs is 1. The number of carbonyl (C=O) groups is 2. The van der Waals surface area contributed by atoms with Crippen molar-refractivity contribution in [3.8, 4) is 0 Å². The Bertz CT molecular complexity index is 623. The summed E-state index contributed by atoms with van der Waals surface area (Å²) in [5.74, 6) is 0.803. The molecule has 1 aromatic rings. The Morgan fingerprint density at radius 2 is 2.05 bits per heavy atom. The van der Waals surface area contributed by atoms with E-state index in [1.54, 1.807) is 0 Å². The second kappa shape index (κ2) is 4.33. The van der Waals surface area contributed by atoms with Gasteiger partial charge in [-0.1, -0.05) is 24.3 Å². The third-order valence-electron chi connectivity index (χ3n) is 5.46. The molecule has 2 unspecified atom stereocenters. The SMILES string of the molecule is CC1(C2CC2)C(=O)NCC(=O)N1CC1Cc2ccccc21. The van der Waals surface area contributed by atoms with E-state index < -0.39 is 5.54 Å². The fourth-order valence-corrected chi connectivity index (χ4v) is 3.90. The first-order valence-electron chi connectivity index (χ1n) is 7.77. The molecule has 0 radical (unpaired) electrons. The summed E-state index contributed by atoms with van der Waals surface area (Å²) in [7, 11) is 0. The summed E-state index contributed by atoms with van der Waals surface area (Å²) in [6, 6.07) is 8.40. The average molecular weight is 284 g/mol. The average Bonchev–Trinajstić information content (AvgIpc) is 3.28. The van der Waals surface area contributed by atoms with E-state index in [2.05, 4.69) is 29.6 Å². The third-order valence-corrected chi connectivity index (χ3v) is 5.46. The van der Waals surface area contributed by atoms with E-state index in [9.17, 15) is 9.59 Å². The number of nitrogens with zero attached hydrogens (tertiary/aromatic N) is 1. The number of piperazine rings is 1. The van der Waals surface area contributed by atoms with Crippen LogP contribution in [-0.2, 0) is 16.0 Å². The van der Waals surface area contributed by atoms with Crippen LogP contribution in [0, 0.1) is 5.92 Å². The Morgan fingerprint density at radius 1 is 1.29 bits per heavy atom. The second-order valence-electron chi connectivity index (χ2n) is 6.71. The van der Waals surface area contributed by atoms with E-state index in [4.69, 9.17) is 0 Å². The normalized spacial score (nSPS) is 31.5. The van der Waals surface area contributed by atoms with E-state index in [1.807, 2.05) is 11.8 Å². The van der Waals surface area contributed by atoms with Crippen LogP contribution in [0.25, 0.3) is 0 Å². The fourth-order valence-electron chi connectivity index (χ4n) is 3.90. The van der Waals surface area contributed by atoms with Crippen LogP contribution in [0.3, 0.4) is 0 Å². The lowest BCUT2D eigenvalue weighted by molar-refractivity contribution is -0.154. The highest BCUT2D eigenvalue weighted by molar-refractivity contribution is 5.98. The van der Waals surface area contributed by atoms with E-state index >= 15 is 0 Å². The lowest BCUT2D eigenvalue weighted by Crippen LogP contribution is -2.67. The smallest absolute Gasteiger partial charge is 0.246 e. The molecule has 4 nitrogen and oxygen atoms in total. The molecule has 1 saturated heterocycles. The van der Waals surface area contributed by atoms with Gasteiger partial charge in [0.05, 0.1) is 6.54 Å². The van der Waals surface area contributed by atoms with Crippen LogP contribution < -0.4 is 5.32 Å². The second-order valence-corrected chi connectivity index (χ2v) is 6.71. The minimum Gasteiger partial charge on any atom is -0.345 e. The molecule has 0 aromatic heterocycles. The number of benzene rings is 1. The predicted octanol–water partition coefficient (Wildman–Crippen LogP) is 1.45. The van der Waals surface area contributed by atoms with Gasteiger partial charge in [-0.15, -0.1) is 0 Å². The molecule has 2 amide bonds. The van der Waals surface area contributed by atoms with Gasteiger partial charge < -0.3 is 10.2 Å². The minimum absolute atomic E-state index is 0.0252. The molecule has 21 heavy (non-hydrogen) atoms. The van der Waals surface area contributed by atoms with Gasteiger partial charge >= 0.3 is 0 Å². The zero-order chi connectivity index (χ0) is 14.6. The molecule has 1 aromatic carbocycles. The van der Waals surface area contributed by atoms with E-state index in [1.165, 1.54) is 11.1 Å². The number of hydrogen-bond donors (Lipinski definition) is 1. The first-order valence-corrected chi connectivity index (χ1v) is 7.77. The van der Waals surface area contributed by atoms with Crippen LogP contribution >= 0.6 is 0 Å². The largest absolute Gasteiger partial charge is 0.345 e. The maximum atomic E-state index is 12.4. The molecule has 1 N–H and O–H groups in total. The lowest BCUT2D eigenvalue weighted by Gasteiger charge is -2.47. The Balaban J connectivity index is 1.60. The maximum absolute atomic E-state index is 12.4. The Hall–Kier alpha value is -1.84. The van der Waals surface area contributed by atoms with Crippen molar-refractivity contribution >= 4 is 11.8 Å². The molecule has 3 aliphatic rings. The zero-order valence-electron chi connectivity index (χ0n) is 12.3. The van der Waals surface area contributed by atoms with Gasteiger partial charge in [0, 0.05) is 12.5 Å². The van der Waals surface area contributed by atoms with Gasteiger partial charge in [0.2, 0.25) is 11.8 Å². The van der Waals surface area contributed by atoms with Crippen LogP contribution in [0.15, 0.2) is 24.3 Å². The highest BCUT2D eigenvalue weighted by Crippen LogP contribution is 2.46. The van der Waals surface area contributed by atoms with Gasteiger partial charge in [0.15, 0.2) is 0 Å². The van der Waals surface area contributed by atoms with Crippen molar-refractivity contribution in [3.05, 3.63) is 35.4 Å². The third kappa shape index (κ3) is 1.81. The Morgan fingerprint density at radius 3 is 2.76 bits per heavy atom. The molecule has 110 valence electrons. The zero-order valence-corrected chi connectivity index (χ0v) is 12.3. The molecule has 1 heterocycles. The monoisotopic (exact) mass is 284 g/mol. The minimum atomic E-state index is -0.639. The lowest BCUT2D eigenvalue weighted by atomic mass is 9.76. The standard InChI is InChI=1S/C17H20N2O2/c1-17(13-6-7-13)16(21)18-9-15(20)19(17)10-12-8-11-4-2-3-5-14(11)12/h2-5,12-13H,6-10H2,1H3,(H,18,21). The highest BCUT2D eigenvalue weighted by atomic mass is 16.2. The summed E-state index contributed by atoms with van der Waals surface area (Å²) >= 11 is 0. The molecule has 4 heteroatoms. The van der Waals surface area contributed by atoms with Crippen LogP contribution in [0.1, 0.15) is 36.8 Å². The van der Waals surface area contributed by atoms with Crippen molar-refractivity contribution < 1.29 is 9.59 Å². The molecular formula is C17H20N2O2. The van der Waals surface area contributed by atoms with Crippen molar-refractivity contribution in [2.45, 2.75) is 37.6 Å². The molecule has 1 saturated carbocycles. The summed E-state index contributed by atoms with van der Waals surface area (Å²) in [6.07, 6.45) is 3.12. The first-order chi connectivity index (χ1) is 10.1. The van der Waals surface area contributed by atoms with Crippen molar-refractivity contribution in [2.75, 3.05) is 13.1 Å². The van der Waals surface area contributed by atoms with Crippen LogP contribution in [0.2, 0.25) is 0 Å². The number of amides is 2. The predicted molar refractivity (Wildman–Crippen MR) is 78.7 cm³/mol. The fraction of sp³-hybridized carbons (Fsp3) is 0.529. The van der Waals surface area contributed by atoms with Crippen LogP contribution in [0.4, 0.5) is 0 Å². The molecule has 2 fully saturated rings. The number of hydrogen-bond acceptors (Lipinski definition) is 2. The van der Waals surface area contributed by atoms with Crippen LogP contribution in [-0.4, -0.2) is 35.3 Å². The molecule has 0 spiro atoms. The summed E-state index contributed by atoms with van der Waals surface area (Å²) in [4.78, 5) is 26.6. The summed E-state index contributed by atoms with van der Waals surface area (Å²) < 4.78 is 0. The van der Waals surface area contributed by atoms with Crippen molar-refractivity contribution in [2.24, 2.45) is 5.92 Å². The molecule has 4 rings (SSSR count). The molecular weight excluding hydrogens is 264 g/mol. The topological polar surface area (TPSA) is 49.4 Å². The van der Waals surface area contributed by atoms with Crippen molar-refractivity contribution in [1.29, 1.82) is 0 Å². The van der Waals surface area contributed by atoms with Gasteiger partial charge in [-0.05, 0) is 43.2 Å². The molecule has 2 aliphatic carbocycles. The number of nitrogens with one attached hydrogen (secondary N) is 1. The number of carbonyl (C=O) groups excluding carboxylic acids is 2. The molecule has 1 aliphatic heterocycles. The van der Waals surface area contributed by atoms with Gasteiger partial charge in [0.25, 0.3) is 0 Å². The maximum Gasteiger partial charge on any atom is 0.246 e. The van der Waals surface area contributed by atoms with E-state index in [0.717, 1.165) is 19.3 Å².